The number of aryl methyl sites for hydroxylation is 2. The first-order valence-electron chi connectivity index (χ1n) is 10.7. The van der Waals surface area contributed by atoms with E-state index in [0.717, 1.165) is 29.7 Å². The maximum absolute atomic E-state index is 13.1. The molecule has 5 heteroatoms. The van der Waals surface area contributed by atoms with E-state index in [9.17, 15) is 9.59 Å². The Labute approximate surface area is 185 Å². The maximum Gasteiger partial charge on any atom is 0.242 e. The second-order valence-corrected chi connectivity index (χ2v) is 8.67. The maximum atomic E-state index is 13.1. The molecule has 2 rings (SSSR count). The number of thioether (sulfide) groups is 1. The quantitative estimate of drug-likeness (QED) is 0.522. The van der Waals surface area contributed by atoms with Crippen molar-refractivity contribution in [2.24, 2.45) is 0 Å². The molecule has 2 aromatic carbocycles. The highest BCUT2D eigenvalue weighted by Gasteiger charge is 2.26. The van der Waals surface area contributed by atoms with Gasteiger partial charge in [0, 0.05) is 18.8 Å². The highest BCUT2D eigenvalue weighted by atomic mass is 32.2. The van der Waals surface area contributed by atoms with Crippen molar-refractivity contribution >= 4 is 23.6 Å². The molecule has 0 heterocycles. The highest BCUT2D eigenvalue weighted by molar-refractivity contribution is 7.99. The Balaban J connectivity index is 2.07. The third kappa shape index (κ3) is 7.21. The van der Waals surface area contributed by atoms with Crippen LogP contribution in [-0.2, 0) is 21.9 Å². The summed E-state index contributed by atoms with van der Waals surface area (Å²) in [5, 5.41) is 2.97. The summed E-state index contributed by atoms with van der Waals surface area (Å²) in [5.41, 5.74) is 4.67. The van der Waals surface area contributed by atoms with E-state index < -0.39 is 6.04 Å². The Morgan fingerprint density at radius 3 is 2.20 bits per heavy atom. The summed E-state index contributed by atoms with van der Waals surface area (Å²) in [6, 6.07) is 15.8. The summed E-state index contributed by atoms with van der Waals surface area (Å²) in [7, 11) is 0. The van der Waals surface area contributed by atoms with Crippen LogP contribution in [-0.4, -0.2) is 35.1 Å². The molecule has 2 amide bonds. The van der Waals surface area contributed by atoms with Crippen LogP contribution in [0.1, 0.15) is 48.9 Å². The summed E-state index contributed by atoms with van der Waals surface area (Å²) in [6.07, 6.45) is 1.96. The van der Waals surface area contributed by atoms with E-state index >= 15 is 0 Å². The molecule has 0 aromatic heterocycles. The molecular weight excluding hydrogens is 392 g/mol. The van der Waals surface area contributed by atoms with Crippen molar-refractivity contribution < 1.29 is 9.59 Å². The Kier molecular flexibility index (Phi) is 9.95. The van der Waals surface area contributed by atoms with Crippen molar-refractivity contribution in [2.75, 3.05) is 12.3 Å². The van der Waals surface area contributed by atoms with E-state index in [1.54, 1.807) is 16.7 Å². The van der Waals surface area contributed by atoms with Crippen LogP contribution in [0.2, 0.25) is 0 Å². The van der Waals surface area contributed by atoms with Gasteiger partial charge in [-0.3, -0.25) is 9.59 Å². The van der Waals surface area contributed by atoms with Crippen LogP contribution in [0.15, 0.2) is 48.5 Å². The minimum atomic E-state index is -0.506. The van der Waals surface area contributed by atoms with Gasteiger partial charge in [0.15, 0.2) is 0 Å². The zero-order chi connectivity index (χ0) is 21.9. The van der Waals surface area contributed by atoms with Gasteiger partial charge in [-0.25, -0.2) is 0 Å². The van der Waals surface area contributed by atoms with Crippen molar-refractivity contribution in [3.8, 4) is 0 Å². The topological polar surface area (TPSA) is 49.4 Å². The molecule has 30 heavy (non-hydrogen) atoms. The van der Waals surface area contributed by atoms with Crippen molar-refractivity contribution in [3.05, 3.63) is 70.8 Å². The van der Waals surface area contributed by atoms with Gasteiger partial charge in [-0.05, 0) is 49.4 Å². The highest BCUT2D eigenvalue weighted by Crippen LogP contribution is 2.19. The SMILES string of the molecule is CCCCNC(=O)[C@@H](C)N(Cc1ccccc1C)C(=O)CSCc1ccccc1C. The standard InChI is InChI=1S/C25H34N2O2S/c1-5-6-15-26-25(29)21(4)27(16-22-13-9-7-11-19(22)2)24(28)18-30-17-23-14-10-8-12-20(23)3/h7-14,21H,5-6,15-18H2,1-4H3,(H,26,29)/t21-/m1/s1. The van der Waals surface area contributed by atoms with E-state index in [1.807, 2.05) is 50.2 Å². The fourth-order valence-corrected chi connectivity index (χ4v) is 4.18. The van der Waals surface area contributed by atoms with Crippen LogP contribution in [0.25, 0.3) is 0 Å². The lowest BCUT2D eigenvalue weighted by Gasteiger charge is -2.29. The lowest BCUT2D eigenvalue weighted by atomic mass is 10.1. The third-order valence-electron chi connectivity index (χ3n) is 5.34. The van der Waals surface area contributed by atoms with Gasteiger partial charge in [-0.2, -0.15) is 0 Å². The van der Waals surface area contributed by atoms with Gasteiger partial charge in [-0.1, -0.05) is 61.9 Å². The molecule has 0 fully saturated rings. The molecule has 4 nitrogen and oxygen atoms in total. The smallest absolute Gasteiger partial charge is 0.242 e. The minimum Gasteiger partial charge on any atom is -0.354 e. The second kappa shape index (κ2) is 12.4. The minimum absolute atomic E-state index is 0.00465. The van der Waals surface area contributed by atoms with Crippen LogP contribution >= 0.6 is 11.8 Å². The Morgan fingerprint density at radius 2 is 1.60 bits per heavy atom. The first-order valence-corrected chi connectivity index (χ1v) is 11.8. The predicted molar refractivity (Wildman–Crippen MR) is 126 cm³/mol. The molecule has 2 aromatic rings. The van der Waals surface area contributed by atoms with Crippen LogP contribution in [0.3, 0.4) is 0 Å². The largest absolute Gasteiger partial charge is 0.354 e. The van der Waals surface area contributed by atoms with Crippen molar-refractivity contribution in [1.29, 1.82) is 0 Å². The van der Waals surface area contributed by atoms with Gasteiger partial charge in [0.2, 0.25) is 11.8 Å². The van der Waals surface area contributed by atoms with E-state index in [0.29, 0.717) is 18.8 Å². The fraction of sp³-hybridized carbons (Fsp3) is 0.440. The predicted octanol–water partition coefficient (Wildman–Crippen LogP) is 4.87. The molecule has 0 radical (unpaired) electrons. The summed E-state index contributed by atoms with van der Waals surface area (Å²) < 4.78 is 0. The number of benzene rings is 2. The molecular formula is C25H34N2O2S. The first-order chi connectivity index (χ1) is 14.4. The average molecular weight is 427 g/mol. The van der Waals surface area contributed by atoms with Crippen LogP contribution < -0.4 is 5.32 Å². The summed E-state index contributed by atoms with van der Waals surface area (Å²) in [6.45, 7) is 9.13. The normalized spacial score (nSPS) is 11.7. The fourth-order valence-electron chi connectivity index (χ4n) is 3.19. The van der Waals surface area contributed by atoms with E-state index in [-0.39, 0.29) is 11.8 Å². The number of unbranched alkanes of at least 4 members (excludes halogenated alkanes) is 1. The van der Waals surface area contributed by atoms with Crippen LogP contribution in [0.4, 0.5) is 0 Å². The van der Waals surface area contributed by atoms with E-state index in [4.69, 9.17) is 0 Å². The number of nitrogens with zero attached hydrogens (tertiary/aromatic N) is 1. The molecule has 1 N–H and O–H groups in total. The number of carbonyl (C=O) groups excluding carboxylic acids is 2. The summed E-state index contributed by atoms with van der Waals surface area (Å²) in [4.78, 5) is 27.5. The molecule has 0 aliphatic rings. The van der Waals surface area contributed by atoms with Crippen molar-refractivity contribution in [2.45, 2.75) is 58.9 Å². The van der Waals surface area contributed by atoms with Gasteiger partial charge < -0.3 is 10.2 Å². The third-order valence-corrected chi connectivity index (χ3v) is 6.31. The Hall–Kier alpha value is -2.27. The van der Waals surface area contributed by atoms with Crippen molar-refractivity contribution in [1.82, 2.24) is 10.2 Å². The molecule has 0 aliphatic carbocycles. The first kappa shape index (κ1) is 24.0. The second-order valence-electron chi connectivity index (χ2n) is 7.69. The molecule has 162 valence electrons. The lowest BCUT2D eigenvalue weighted by Crippen LogP contribution is -2.48. The molecule has 0 bridgehead atoms. The van der Waals surface area contributed by atoms with Crippen LogP contribution in [0.5, 0.6) is 0 Å². The van der Waals surface area contributed by atoms with Gasteiger partial charge in [-0.15, -0.1) is 11.8 Å². The van der Waals surface area contributed by atoms with E-state index in [1.165, 1.54) is 11.1 Å². The van der Waals surface area contributed by atoms with E-state index in [2.05, 4.69) is 31.3 Å². The number of hydrogen-bond acceptors (Lipinski definition) is 3. The number of hydrogen-bond donors (Lipinski definition) is 1. The zero-order valence-corrected chi connectivity index (χ0v) is 19.4. The lowest BCUT2D eigenvalue weighted by molar-refractivity contribution is -0.138. The van der Waals surface area contributed by atoms with Crippen molar-refractivity contribution in [3.63, 3.8) is 0 Å². The molecule has 0 saturated heterocycles. The molecule has 1 atom stereocenters. The average Bonchev–Trinajstić information content (AvgIpc) is 2.74. The summed E-state index contributed by atoms with van der Waals surface area (Å²) in [5.74, 6) is 1.05. The number of amides is 2. The van der Waals surface area contributed by atoms with Gasteiger partial charge in [0.25, 0.3) is 0 Å². The summed E-state index contributed by atoms with van der Waals surface area (Å²) >= 11 is 1.60. The Bertz CT molecular complexity index is 837. The van der Waals surface area contributed by atoms with Gasteiger partial charge in [0.05, 0.1) is 5.75 Å². The Morgan fingerprint density at radius 1 is 1.00 bits per heavy atom. The number of carbonyl (C=O) groups is 2. The van der Waals surface area contributed by atoms with Gasteiger partial charge >= 0.3 is 0 Å². The molecule has 0 saturated carbocycles. The molecule has 0 spiro atoms. The number of nitrogens with one attached hydrogen (secondary N) is 1. The van der Waals surface area contributed by atoms with Crippen LogP contribution in [0, 0.1) is 13.8 Å². The number of rotatable bonds is 11. The monoisotopic (exact) mass is 426 g/mol. The molecule has 0 aliphatic heterocycles. The molecule has 0 unspecified atom stereocenters. The zero-order valence-electron chi connectivity index (χ0n) is 18.6. The van der Waals surface area contributed by atoms with Gasteiger partial charge in [0.1, 0.15) is 6.04 Å².